The summed E-state index contributed by atoms with van der Waals surface area (Å²) in [6.07, 6.45) is 4.50. The summed E-state index contributed by atoms with van der Waals surface area (Å²) in [6, 6.07) is 1.85. The molecule has 0 radical (unpaired) electrons. The van der Waals surface area contributed by atoms with Crippen LogP contribution < -0.4 is 10.2 Å². The topological polar surface area (TPSA) is 69.5 Å². The van der Waals surface area contributed by atoms with Crippen LogP contribution in [0.3, 0.4) is 0 Å². The van der Waals surface area contributed by atoms with E-state index < -0.39 is 0 Å². The molecule has 0 aromatic carbocycles. The largest absolute Gasteiger partial charge is 0.356 e. The highest BCUT2D eigenvalue weighted by atomic mass is 32.1. The lowest BCUT2D eigenvalue weighted by molar-refractivity contribution is 0.370. The Morgan fingerprint density at radius 2 is 1.89 bits per heavy atom. The normalized spacial score (nSPS) is 15.9. The van der Waals surface area contributed by atoms with Gasteiger partial charge >= 0.3 is 0 Å². The highest BCUT2D eigenvalue weighted by Gasteiger charge is 2.21. The fourth-order valence-corrected chi connectivity index (χ4v) is 3.98. The Kier molecular flexibility index (Phi) is 6.26. The molecule has 3 rings (SSSR count). The van der Waals surface area contributed by atoms with Gasteiger partial charge in [0.15, 0.2) is 5.96 Å². The molecule has 2 aromatic rings. The standard InChI is InChI=1S/C19H29N7S/c1-19(2,3)15-14-27-16(24-15)6-9-23-17(20-4)25-10-12-26(13-11-25)18-21-7-5-8-22-18/h5,7-8,14H,6,9-13H2,1-4H3,(H,20,23). The number of hydrogen-bond acceptors (Lipinski definition) is 6. The van der Waals surface area contributed by atoms with Crippen molar-refractivity contribution in [2.75, 3.05) is 44.7 Å². The number of anilines is 1. The fraction of sp³-hybridized carbons (Fsp3) is 0.579. The van der Waals surface area contributed by atoms with Crippen LogP contribution in [0, 0.1) is 0 Å². The van der Waals surface area contributed by atoms with E-state index in [1.54, 1.807) is 23.7 Å². The first-order chi connectivity index (χ1) is 13.0. The Labute approximate surface area is 165 Å². The summed E-state index contributed by atoms with van der Waals surface area (Å²) in [5.41, 5.74) is 1.28. The minimum absolute atomic E-state index is 0.111. The number of nitrogens with one attached hydrogen (secondary N) is 1. The van der Waals surface area contributed by atoms with Gasteiger partial charge in [-0.1, -0.05) is 20.8 Å². The van der Waals surface area contributed by atoms with Gasteiger partial charge in [0.2, 0.25) is 5.95 Å². The Morgan fingerprint density at radius 1 is 1.19 bits per heavy atom. The molecule has 1 aliphatic rings. The van der Waals surface area contributed by atoms with E-state index in [0.29, 0.717) is 0 Å². The first-order valence-electron chi connectivity index (χ1n) is 9.40. The molecule has 0 spiro atoms. The van der Waals surface area contributed by atoms with Crippen molar-refractivity contribution in [1.82, 2.24) is 25.2 Å². The second-order valence-corrected chi connectivity index (χ2v) is 8.57. The molecule has 7 nitrogen and oxygen atoms in total. The van der Waals surface area contributed by atoms with E-state index >= 15 is 0 Å². The van der Waals surface area contributed by atoms with Crippen molar-refractivity contribution in [3.05, 3.63) is 34.5 Å². The third-order valence-electron chi connectivity index (χ3n) is 4.57. The first-order valence-corrected chi connectivity index (χ1v) is 10.3. The van der Waals surface area contributed by atoms with Crippen LogP contribution in [-0.2, 0) is 11.8 Å². The van der Waals surface area contributed by atoms with Crippen molar-refractivity contribution in [3.8, 4) is 0 Å². The van der Waals surface area contributed by atoms with E-state index in [4.69, 9.17) is 4.98 Å². The molecule has 1 aliphatic heterocycles. The van der Waals surface area contributed by atoms with Crippen molar-refractivity contribution >= 4 is 23.2 Å². The molecule has 0 saturated carbocycles. The number of piperazine rings is 1. The van der Waals surface area contributed by atoms with Gasteiger partial charge in [0.1, 0.15) is 0 Å². The van der Waals surface area contributed by atoms with Crippen LogP contribution in [-0.4, -0.2) is 65.6 Å². The summed E-state index contributed by atoms with van der Waals surface area (Å²) in [7, 11) is 1.84. The molecule has 2 aromatic heterocycles. The molecule has 0 bridgehead atoms. The second-order valence-electron chi connectivity index (χ2n) is 7.62. The summed E-state index contributed by atoms with van der Waals surface area (Å²) < 4.78 is 0. The summed E-state index contributed by atoms with van der Waals surface area (Å²) >= 11 is 1.74. The monoisotopic (exact) mass is 387 g/mol. The zero-order valence-electron chi connectivity index (χ0n) is 16.6. The molecule has 1 N–H and O–H groups in total. The minimum atomic E-state index is 0.111. The maximum absolute atomic E-state index is 4.76. The van der Waals surface area contributed by atoms with Crippen LogP contribution in [0.1, 0.15) is 31.5 Å². The van der Waals surface area contributed by atoms with E-state index in [9.17, 15) is 0 Å². The Hall–Kier alpha value is -2.22. The molecule has 0 unspecified atom stereocenters. The molecule has 0 aliphatic carbocycles. The molecule has 0 amide bonds. The van der Waals surface area contributed by atoms with Crippen molar-refractivity contribution in [2.45, 2.75) is 32.6 Å². The molecule has 146 valence electrons. The number of thiazole rings is 1. The van der Waals surface area contributed by atoms with Crippen LogP contribution in [0.4, 0.5) is 5.95 Å². The van der Waals surface area contributed by atoms with Crippen molar-refractivity contribution < 1.29 is 0 Å². The lowest BCUT2D eigenvalue weighted by Crippen LogP contribution is -2.53. The number of rotatable bonds is 4. The maximum Gasteiger partial charge on any atom is 0.225 e. The molecule has 27 heavy (non-hydrogen) atoms. The molecular weight excluding hydrogens is 358 g/mol. The molecule has 8 heteroatoms. The van der Waals surface area contributed by atoms with E-state index in [1.165, 1.54) is 10.7 Å². The summed E-state index contributed by atoms with van der Waals surface area (Å²) in [5.74, 6) is 1.76. The molecule has 0 atom stereocenters. The third-order valence-corrected chi connectivity index (χ3v) is 5.48. The van der Waals surface area contributed by atoms with Crippen molar-refractivity contribution in [2.24, 2.45) is 4.99 Å². The van der Waals surface area contributed by atoms with Gasteiger partial charge in [0.25, 0.3) is 0 Å². The van der Waals surface area contributed by atoms with Gasteiger partial charge < -0.3 is 15.1 Å². The fourth-order valence-electron chi connectivity index (χ4n) is 2.96. The zero-order chi connectivity index (χ0) is 19.3. The predicted octanol–water partition coefficient (Wildman–Crippen LogP) is 2.17. The average Bonchev–Trinajstić information content (AvgIpc) is 3.16. The maximum atomic E-state index is 4.76. The van der Waals surface area contributed by atoms with Crippen LogP contribution >= 0.6 is 11.3 Å². The van der Waals surface area contributed by atoms with E-state index in [-0.39, 0.29) is 5.41 Å². The van der Waals surface area contributed by atoms with Crippen molar-refractivity contribution in [1.29, 1.82) is 0 Å². The number of nitrogens with zero attached hydrogens (tertiary/aromatic N) is 6. The van der Waals surface area contributed by atoms with Crippen LogP contribution in [0.15, 0.2) is 28.8 Å². The number of aliphatic imine (C=N–C) groups is 1. The van der Waals surface area contributed by atoms with E-state index in [0.717, 1.165) is 51.1 Å². The smallest absolute Gasteiger partial charge is 0.225 e. The van der Waals surface area contributed by atoms with Gasteiger partial charge in [-0.3, -0.25) is 4.99 Å². The number of aromatic nitrogens is 3. The Balaban J connectivity index is 1.47. The lowest BCUT2D eigenvalue weighted by Gasteiger charge is -2.36. The van der Waals surface area contributed by atoms with E-state index in [2.05, 4.69) is 56.2 Å². The predicted molar refractivity (Wildman–Crippen MR) is 112 cm³/mol. The van der Waals surface area contributed by atoms with Gasteiger partial charge in [0, 0.05) is 69.4 Å². The molecule has 3 heterocycles. The number of guanidine groups is 1. The highest BCUT2D eigenvalue weighted by molar-refractivity contribution is 7.09. The van der Waals surface area contributed by atoms with Gasteiger partial charge in [0.05, 0.1) is 10.7 Å². The zero-order valence-corrected chi connectivity index (χ0v) is 17.5. The van der Waals surface area contributed by atoms with Crippen LogP contribution in [0.5, 0.6) is 0 Å². The van der Waals surface area contributed by atoms with E-state index in [1.807, 2.05) is 13.1 Å². The number of hydrogen-bond donors (Lipinski definition) is 1. The quantitative estimate of drug-likeness (QED) is 0.640. The third kappa shape index (κ3) is 5.15. The summed E-state index contributed by atoms with van der Waals surface area (Å²) in [4.78, 5) is 22.4. The molecule has 1 saturated heterocycles. The second kappa shape index (κ2) is 8.65. The minimum Gasteiger partial charge on any atom is -0.356 e. The SMILES string of the molecule is CN=C(NCCc1nc(C(C)(C)C)cs1)N1CCN(c2ncccn2)CC1. The first kappa shape index (κ1) is 19.5. The van der Waals surface area contributed by atoms with Crippen LogP contribution in [0.2, 0.25) is 0 Å². The summed E-state index contributed by atoms with van der Waals surface area (Å²) in [6.45, 7) is 11.0. The lowest BCUT2D eigenvalue weighted by atomic mass is 9.93. The Bertz CT molecular complexity index is 743. The van der Waals surface area contributed by atoms with Gasteiger partial charge in [-0.2, -0.15) is 0 Å². The van der Waals surface area contributed by atoms with Crippen molar-refractivity contribution in [3.63, 3.8) is 0 Å². The van der Waals surface area contributed by atoms with Gasteiger partial charge in [-0.15, -0.1) is 11.3 Å². The van der Waals surface area contributed by atoms with Crippen LogP contribution in [0.25, 0.3) is 0 Å². The average molecular weight is 388 g/mol. The molecule has 1 fully saturated rings. The summed E-state index contributed by atoms with van der Waals surface area (Å²) in [5, 5.41) is 6.83. The van der Waals surface area contributed by atoms with Gasteiger partial charge in [-0.25, -0.2) is 15.0 Å². The van der Waals surface area contributed by atoms with Gasteiger partial charge in [-0.05, 0) is 6.07 Å². The Morgan fingerprint density at radius 3 is 2.48 bits per heavy atom. The molecular formula is C19H29N7S. The highest BCUT2D eigenvalue weighted by Crippen LogP contribution is 2.23.